The van der Waals surface area contributed by atoms with E-state index in [0.29, 0.717) is 23.8 Å². The number of furan rings is 1. The van der Waals surface area contributed by atoms with Gasteiger partial charge in [0.1, 0.15) is 18.1 Å². The molecule has 2 N–H and O–H groups in total. The monoisotopic (exact) mass is 404 g/mol. The van der Waals surface area contributed by atoms with Gasteiger partial charge in [0.25, 0.3) is 5.91 Å². The summed E-state index contributed by atoms with van der Waals surface area (Å²) in [6.07, 6.45) is 2.23. The lowest BCUT2D eigenvalue weighted by atomic mass is 9.97. The molecule has 0 saturated carbocycles. The molecule has 3 aromatic rings. The third-order valence-electron chi connectivity index (χ3n) is 5.66. The molecule has 2 heterocycles. The summed E-state index contributed by atoms with van der Waals surface area (Å²) in [6, 6.07) is 21.7. The fraction of sp³-hybridized carbons (Fsp3) is 0.320. The molecule has 1 atom stereocenters. The van der Waals surface area contributed by atoms with Crippen LogP contribution in [0.3, 0.4) is 0 Å². The maximum Gasteiger partial charge on any atom is 0.251 e. The highest BCUT2D eigenvalue weighted by molar-refractivity contribution is 5.94. The van der Waals surface area contributed by atoms with Gasteiger partial charge < -0.3 is 14.8 Å². The summed E-state index contributed by atoms with van der Waals surface area (Å²) >= 11 is 0. The maximum atomic E-state index is 12.6. The Bertz CT molecular complexity index is 950. The van der Waals surface area contributed by atoms with Crippen LogP contribution in [0, 0.1) is 5.92 Å². The van der Waals surface area contributed by atoms with Crippen molar-refractivity contribution in [2.75, 3.05) is 19.6 Å². The number of rotatable bonds is 7. The molecule has 0 unspecified atom stereocenters. The van der Waals surface area contributed by atoms with Gasteiger partial charge in [-0.3, -0.25) is 9.69 Å². The summed E-state index contributed by atoms with van der Waals surface area (Å²) in [5.74, 6) is 1.88. The summed E-state index contributed by atoms with van der Waals surface area (Å²) < 4.78 is 5.61. The fourth-order valence-electron chi connectivity index (χ4n) is 4.06. The van der Waals surface area contributed by atoms with E-state index in [1.807, 2.05) is 54.6 Å². The minimum atomic E-state index is -0.0685. The van der Waals surface area contributed by atoms with E-state index in [1.54, 1.807) is 0 Å². The summed E-state index contributed by atoms with van der Waals surface area (Å²) in [4.78, 5) is 14.9. The number of likely N-dealkylation sites (tertiary alicyclic amines) is 1. The van der Waals surface area contributed by atoms with Gasteiger partial charge in [-0.05, 0) is 60.7 Å². The molecule has 156 valence electrons. The molecule has 1 aliphatic heterocycles. The molecule has 4 rings (SSSR count). The lowest BCUT2D eigenvalue weighted by molar-refractivity contribution is 0.0928. The zero-order valence-electron chi connectivity index (χ0n) is 17.1. The molecule has 0 aliphatic carbocycles. The first-order valence-corrected chi connectivity index (χ1v) is 10.6. The van der Waals surface area contributed by atoms with Crippen LogP contribution in [-0.2, 0) is 13.2 Å². The zero-order chi connectivity index (χ0) is 20.8. The van der Waals surface area contributed by atoms with Gasteiger partial charge in [0.05, 0.1) is 6.54 Å². The van der Waals surface area contributed by atoms with Crippen LogP contribution in [0.4, 0.5) is 0 Å². The van der Waals surface area contributed by atoms with Crippen molar-refractivity contribution in [1.29, 1.82) is 0 Å². The Morgan fingerprint density at radius 2 is 1.73 bits per heavy atom. The number of piperidine rings is 1. The molecule has 1 amide bonds. The van der Waals surface area contributed by atoms with Crippen molar-refractivity contribution >= 4 is 5.91 Å². The standard InChI is InChI=1S/C25H28N2O3/c28-18-24-13-12-23(30-24)17-27-14-4-5-19(16-27)15-26-25(29)22-10-8-21(9-11-22)20-6-2-1-3-7-20/h1-3,6-13,19,28H,4-5,14-18H2,(H,26,29)/t19-/m0/s1. The lowest BCUT2D eigenvalue weighted by Gasteiger charge is -2.32. The average molecular weight is 405 g/mol. The minimum absolute atomic E-state index is 0.0228. The first-order chi connectivity index (χ1) is 14.7. The van der Waals surface area contributed by atoms with Crippen molar-refractivity contribution in [3.8, 4) is 11.1 Å². The van der Waals surface area contributed by atoms with Gasteiger partial charge >= 0.3 is 0 Å². The van der Waals surface area contributed by atoms with Crippen molar-refractivity contribution in [3.63, 3.8) is 0 Å². The maximum absolute atomic E-state index is 12.6. The van der Waals surface area contributed by atoms with Crippen LogP contribution in [0.25, 0.3) is 11.1 Å². The molecule has 0 radical (unpaired) electrons. The van der Waals surface area contributed by atoms with Gasteiger partial charge in [0, 0.05) is 18.7 Å². The van der Waals surface area contributed by atoms with E-state index in [4.69, 9.17) is 9.52 Å². The smallest absolute Gasteiger partial charge is 0.251 e. The van der Waals surface area contributed by atoms with Crippen molar-refractivity contribution in [3.05, 3.63) is 83.8 Å². The van der Waals surface area contributed by atoms with Gasteiger partial charge in [-0.2, -0.15) is 0 Å². The minimum Gasteiger partial charge on any atom is -0.462 e. The SMILES string of the molecule is O=C(NC[C@@H]1CCCN(Cc2ccc(CO)o2)C1)c1ccc(-c2ccccc2)cc1. The van der Waals surface area contributed by atoms with Crippen LogP contribution < -0.4 is 5.32 Å². The number of nitrogens with one attached hydrogen (secondary N) is 1. The average Bonchev–Trinajstić information content (AvgIpc) is 3.26. The predicted molar refractivity (Wildman–Crippen MR) is 117 cm³/mol. The Kier molecular flexibility index (Phi) is 6.62. The molecule has 1 fully saturated rings. The number of nitrogens with zero attached hydrogens (tertiary/aromatic N) is 1. The van der Waals surface area contributed by atoms with E-state index in [2.05, 4.69) is 22.3 Å². The van der Waals surface area contributed by atoms with Crippen molar-refractivity contribution < 1.29 is 14.3 Å². The highest BCUT2D eigenvalue weighted by atomic mass is 16.4. The molecule has 1 saturated heterocycles. The molecule has 30 heavy (non-hydrogen) atoms. The van der Waals surface area contributed by atoms with Gasteiger partial charge in [-0.1, -0.05) is 42.5 Å². The largest absolute Gasteiger partial charge is 0.462 e. The van der Waals surface area contributed by atoms with Crippen molar-refractivity contribution in [2.45, 2.75) is 26.0 Å². The first-order valence-electron chi connectivity index (χ1n) is 10.6. The number of aliphatic hydroxyl groups is 1. The predicted octanol–water partition coefficient (Wildman–Crippen LogP) is 4.08. The summed E-state index contributed by atoms with van der Waals surface area (Å²) in [6.45, 7) is 3.31. The van der Waals surface area contributed by atoms with Crippen LogP contribution in [0.15, 0.2) is 71.1 Å². The van der Waals surface area contributed by atoms with Gasteiger partial charge in [0.2, 0.25) is 0 Å². The summed E-state index contributed by atoms with van der Waals surface area (Å²) in [7, 11) is 0. The fourth-order valence-corrected chi connectivity index (χ4v) is 4.06. The van der Waals surface area contributed by atoms with Crippen LogP contribution in [0.5, 0.6) is 0 Å². The molecule has 1 aliphatic rings. The van der Waals surface area contributed by atoms with Gasteiger partial charge in [-0.15, -0.1) is 0 Å². The van der Waals surface area contributed by atoms with E-state index in [1.165, 1.54) is 0 Å². The van der Waals surface area contributed by atoms with E-state index >= 15 is 0 Å². The quantitative estimate of drug-likeness (QED) is 0.623. The topological polar surface area (TPSA) is 65.7 Å². The molecule has 1 aromatic heterocycles. The van der Waals surface area contributed by atoms with Crippen LogP contribution in [0.1, 0.15) is 34.7 Å². The Hall–Kier alpha value is -2.89. The lowest BCUT2D eigenvalue weighted by Crippen LogP contribution is -2.40. The molecular formula is C25H28N2O3. The molecule has 0 spiro atoms. The number of amides is 1. The Morgan fingerprint density at radius 3 is 2.47 bits per heavy atom. The van der Waals surface area contributed by atoms with Crippen LogP contribution in [-0.4, -0.2) is 35.5 Å². The summed E-state index contributed by atoms with van der Waals surface area (Å²) in [5, 5.41) is 12.2. The van der Waals surface area contributed by atoms with Crippen molar-refractivity contribution in [1.82, 2.24) is 10.2 Å². The molecule has 5 nitrogen and oxygen atoms in total. The van der Waals surface area contributed by atoms with E-state index in [-0.39, 0.29) is 12.5 Å². The molecule has 0 bridgehead atoms. The van der Waals surface area contributed by atoms with Gasteiger partial charge in [0.15, 0.2) is 0 Å². The summed E-state index contributed by atoms with van der Waals surface area (Å²) in [5.41, 5.74) is 2.95. The normalized spacial score (nSPS) is 17.0. The highest BCUT2D eigenvalue weighted by Crippen LogP contribution is 2.21. The van der Waals surface area contributed by atoms with Crippen molar-refractivity contribution in [2.24, 2.45) is 5.92 Å². The number of benzene rings is 2. The molecule has 2 aromatic carbocycles. The second-order valence-corrected chi connectivity index (χ2v) is 7.92. The number of carbonyl (C=O) groups excluding carboxylic acids is 1. The Labute approximate surface area is 177 Å². The number of carbonyl (C=O) groups is 1. The number of hydrogen-bond acceptors (Lipinski definition) is 4. The Morgan fingerprint density at radius 1 is 1.00 bits per heavy atom. The molecular weight excluding hydrogens is 376 g/mol. The number of aliphatic hydroxyl groups excluding tert-OH is 1. The van der Waals surface area contributed by atoms with Gasteiger partial charge in [-0.25, -0.2) is 0 Å². The third-order valence-corrected chi connectivity index (χ3v) is 5.66. The second kappa shape index (κ2) is 9.74. The van der Waals surface area contributed by atoms with Crippen LogP contribution in [0.2, 0.25) is 0 Å². The highest BCUT2D eigenvalue weighted by Gasteiger charge is 2.21. The zero-order valence-corrected chi connectivity index (χ0v) is 17.1. The van der Waals surface area contributed by atoms with E-state index in [9.17, 15) is 4.79 Å². The molecule has 5 heteroatoms. The first kappa shape index (κ1) is 20.4. The van der Waals surface area contributed by atoms with E-state index in [0.717, 1.165) is 49.4 Å². The van der Waals surface area contributed by atoms with E-state index < -0.39 is 0 Å². The van der Waals surface area contributed by atoms with Crippen LogP contribution >= 0.6 is 0 Å². The Balaban J connectivity index is 1.28. The second-order valence-electron chi connectivity index (χ2n) is 7.92. The number of hydrogen-bond donors (Lipinski definition) is 2. The third kappa shape index (κ3) is 5.17.